The number of non-ortho nitro benzene ring substituents is 1. The maximum Gasteiger partial charge on any atom is 0.340 e. The molecule has 0 saturated carbocycles. The number of ether oxygens (including phenoxy) is 1. The van der Waals surface area contributed by atoms with Crippen molar-refractivity contribution < 1.29 is 19.2 Å². The van der Waals surface area contributed by atoms with Crippen LogP contribution in [0.5, 0.6) is 0 Å². The molecule has 1 aromatic carbocycles. The minimum absolute atomic E-state index is 0.00813. The number of rotatable bonds is 4. The van der Waals surface area contributed by atoms with Crippen molar-refractivity contribution in [2.24, 2.45) is 11.8 Å². The van der Waals surface area contributed by atoms with Gasteiger partial charge >= 0.3 is 5.97 Å². The van der Waals surface area contributed by atoms with Crippen LogP contribution in [0.3, 0.4) is 0 Å². The van der Waals surface area contributed by atoms with Crippen LogP contribution in [0.4, 0.5) is 11.4 Å². The third-order valence-corrected chi connectivity index (χ3v) is 4.01. The smallest absolute Gasteiger partial charge is 0.340 e. The molecule has 1 heterocycles. The van der Waals surface area contributed by atoms with E-state index in [1.54, 1.807) is 4.90 Å². The minimum Gasteiger partial charge on any atom is -0.452 e. The lowest BCUT2D eigenvalue weighted by Gasteiger charge is -2.34. The number of hydrogen-bond acceptors (Lipinski definition) is 6. The molecule has 2 N–H and O–H groups in total. The number of amides is 1. The molecule has 0 unspecified atom stereocenters. The number of nitro groups is 1. The summed E-state index contributed by atoms with van der Waals surface area (Å²) in [6, 6.07) is 3.49. The molecule has 130 valence electrons. The Morgan fingerprint density at radius 3 is 2.50 bits per heavy atom. The van der Waals surface area contributed by atoms with Gasteiger partial charge in [0, 0.05) is 25.2 Å². The van der Waals surface area contributed by atoms with Gasteiger partial charge in [-0.05, 0) is 24.3 Å². The van der Waals surface area contributed by atoms with Crippen molar-refractivity contribution in [3.05, 3.63) is 33.9 Å². The number of carbonyl (C=O) groups excluding carboxylic acids is 2. The summed E-state index contributed by atoms with van der Waals surface area (Å²) in [4.78, 5) is 36.0. The quantitative estimate of drug-likeness (QED) is 0.388. The van der Waals surface area contributed by atoms with Crippen molar-refractivity contribution >= 4 is 23.3 Å². The van der Waals surface area contributed by atoms with Crippen LogP contribution in [0.1, 0.15) is 30.6 Å². The van der Waals surface area contributed by atoms with E-state index < -0.39 is 10.9 Å². The van der Waals surface area contributed by atoms with Crippen LogP contribution in [-0.2, 0) is 9.53 Å². The first-order valence-electron chi connectivity index (χ1n) is 7.76. The van der Waals surface area contributed by atoms with E-state index >= 15 is 0 Å². The van der Waals surface area contributed by atoms with E-state index in [9.17, 15) is 19.7 Å². The molecular formula is C16H21N3O5. The van der Waals surface area contributed by atoms with E-state index in [1.165, 1.54) is 12.1 Å². The van der Waals surface area contributed by atoms with E-state index in [1.807, 2.05) is 0 Å². The number of esters is 1. The highest BCUT2D eigenvalue weighted by molar-refractivity contribution is 5.96. The SMILES string of the molecule is C[C@@H]1C[C@H](C)CN(C(=O)COC(=O)c2ccc([N+](=O)[O-])cc2N)C1. The molecular weight excluding hydrogens is 314 g/mol. The molecule has 1 saturated heterocycles. The Labute approximate surface area is 139 Å². The number of piperidine rings is 1. The first-order chi connectivity index (χ1) is 11.3. The largest absolute Gasteiger partial charge is 0.452 e. The molecule has 1 aromatic rings. The number of nitrogens with two attached hydrogens (primary N) is 1. The summed E-state index contributed by atoms with van der Waals surface area (Å²) in [5, 5.41) is 10.7. The first kappa shape index (κ1) is 17.7. The lowest BCUT2D eigenvalue weighted by atomic mass is 9.92. The summed E-state index contributed by atoms with van der Waals surface area (Å²) in [7, 11) is 0. The van der Waals surface area contributed by atoms with Crippen molar-refractivity contribution in [2.45, 2.75) is 20.3 Å². The zero-order chi connectivity index (χ0) is 17.9. The number of nitro benzene ring substituents is 1. The number of anilines is 1. The molecule has 1 aliphatic heterocycles. The van der Waals surface area contributed by atoms with Crippen molar-refractivity contribution in [2.75, 3.05) is 25.4 Å². The van der Waals surface area contributed by atoms with Gasteiger partial charge < -0.3 is 15.4 Å². The summed E-state index contributed by atoms with van der Waals surface area (Å²) in [6.07, 6.45) is 1.07. The Hall–Kier alpha value is -2.64. The molecule has 0 aromatic heterocycles. The van der Waals surface area contributed by atoms with Crippen LogP contribution in [-0.4, -0.2) is 41.4 Å². The Kier molecular flexibility index (Phi) is 5.38. The zero-order valence-corrected chi connectivity index (χ0v) is 13.7. The predicted octanol–water partition coefficient (Wildman–Crippen LogP) is 1.84. The molecule has 0 aliphatic carbocycles. The standard InChI is InChI=1S/C16H21N3O5/c1-10-5-11(2)8-18(7-10)15(20)9-24-16(21)13-4-3-12(19(22)23)6-14(13)17/h3-4,6,10-11H,5,7-9,17H2,1-2H3/t10-,11+. The van der Waals surface area contributed by atoms with Gasteiger partial charge in [-0.1, -0.05) is 13.8 Å². The van der Waals surface area contributed by atoms with E-state index in [0.717, 1.165) is 12.5 Å². The second-order valence-corrected chi connectivity index (χ2v) is 6.35. The minimum atomic E-state index is -0.770. The summed E-state index contributed by atoms with van der Waals surface area (Å²) >= 11 is 0. The van der Waals surface area contributed by atoms with Crippen molar-refractivity contribution in [1.82, 2.24) is 4.90 Å². The van der Waals surface area contributed by atoms with Gasteiger partial charge in [0.05, 0.1) is 16.2 Å². The van der Waals surface area contributed by atoms with Gasteiger partial charge in [-0.15, -0.1) is 0 Å². The predicted molar refractivity (Wildman–Crippen MR) is 87.3 cm³/mol. The zero-order valence-electron chi connectivity index (χ0n) is 13.7. The van der Waals surface area contributed by atoms with Gasteiger partial charge in [-0.2, -0.15) is 0 Å². The molecule has 2 rings (SSSR count). The number of nitrogen functional groups attached to an aromatic ring is 1. The molecule has 1 amide bonds. The Morgan fingerprint density at radius 2 is 1.96 bits per heavy atom. The Morgan fingerprint density at radius 1 is 1.33 bits per heavy atom. The maximum atomic E-state index is 12.2. The fourth-order valence-corrected chi connectivity index (χ4v) is 3.01. The summed E-state index contributed by atoms with van der Waals surface area (Å²) < 4.78 is 5.01. The Bertz CT molecular complexity index is 651. The lowest BCUT2D eigenvalue weighted by Crippen LogP contribution is -2.44. The van der Waals surface area contributed by atoms with Gasteiger partial charge in [-0.25, -0.2) is 4.79 Å². The molecule has 0 radical (unpaired) electrons. The van der Waals surface area contributed by atoms with E-state index in [-0.39, 0.29) is 29.5 Å². The molecule has 8 nitrogen and oxygen atoms in total. The van der Waals surface area contributed by atoms with Crippen LogP contribution < -0.4 is 5.73 Å². The van der Waals surface area contributed by atoms with Gasteiger partial charge in [0.1, 0.15) is 0 Å². The van der Waals surface area contributed by atoms with Crippen LogP contribution in [0.25, 0.3) is 0 Å². The van der Waals surface area contributed by atoms with Gasteiger partial charge in [0.25, 0.3) is 11.6 Å². The third-order valence-electron chi connectivity index (χ3n) is 4.01. The Balaban J connectivity index is 1.95. The first-order valence-corrected chi connectivity index (χ1v) is 7.76. The fourth-order valence-electron chi connectivity index (χ4n) is 3.01. The molecule has 0 spiro atoms. The molecule has 24 heavy (non-hydrogen) atoms. The third kappa shape index (κ3) is 4.21. The average Bonchev–Trinajstić information content (AvgIpc) is 2.51. The van der Waals surface area contributed by atoms with Crippen molar-refractivity contribution in [1.29, 1.82) is 0 Å². The van der Waals surface area contributed by atoms with Crippen molar-refractivity contribution in [3.8, 4) is 0 Å². The highest BCUT2D eigenvalue weighted by Crippen LogP contribution is 2.22. The number of benzene rings is 1. The summed E-state index contributed by atoms with van der Waals surface area (Å²) in [5.74, 6) is -0.187. The highest BCUT2D eigenvalue weighted by atomic mass is 16.6. The lowest BCUT2D eigenvalue weighted by molar-refractivity contribution is -0.384. The second-order valence-electron chi connectivity index (χ2n) is 6.35. The van der Waals surface area contributed by atoms with Gasteiger partial charge in [0.15, 0.2) is 6.61 Å². The number of likely N-dealkylation sites (tertiary alicyclic amines) is 1. The summed E-state index contributed by atoms with van der Waals surface area (Å²) in [6.45, 7) is 5.11. The van der Waals surface area contributed by atoms with Crippen LogP contribution in [0, 0.1) is 22.0 Å². The highest BCUT2D eigenvalue weighted by Gasteiger charge is 2.26. The molecule has 2 atom stereocenters. The second kappa shape index (κ2) is 7.29. The molecule has 1 fully saturated rings. The van der Waals surface area contributed by atoms with E-state index in [2.05, 4.69) is 13.8 Å². The maximum absolute atomic E-state index is 12.2. The fraction of sp³-hybridized carbons (Fsp3) is 0.500. The molecule has 1 aliphatic rings. The number of hydrogen-bond donors (Lipinski definition) is 1. The number of carbonyl (C=O) groups is 2. The average molecular weight is 335 g/mol. The van der Waals surface area contributed by atoms with E-state index in [0.29, 0.717) is 24.9 Å². The van der Waals surface area contributed by atoms with Crippen LogP contribution in [0.15, 0.2) is 18.2 Å². The summed E-state index contributed by atoms with van der Waals surface area (Å²) in [5.41, 5.74) is 5.39. The molecule has 8 heteroatoms. The van der Waals surface area contributed by atoms with Crippen LogP contribution >= 0.6 is 0 Å². The monoisotopic (exact) mass is 335 g/mol. The molecule has 0 bridgehead atoms. The van der Waals surface area contributed by atoms with Gasteiger partial charge in [0.2, 0.25) is 0 Å². The topological polar surface area (TPSA) is 116 Å². The normalized spacial score (nSPS) is 20.5. The van der Waals surface area contributed by atoms with Crippen LogP contribution in [0.2, 0.25) is 0 Å². The van der Waals surface area contributed by atoms with Gasteiger partial charge in [-0.3, -0.25) is 14.9 Å². The van der Waals surface area contributed by atoms with Crippen molar-refractivity contribution in [3.63, 3.8) is 0 Å². The number of nitrogens with zero attached hydrogens (tertiary/aromatic N) is 2. The van der Waals surface area contributed by atoms with E-state index in [4.69, 9.17) is 10.5 Å².